The number of rotatable bonds is 9. The fourth-order valence-electron chi connectivity index (χ4n) is 2.28. The van der Waals surface area contributed by atoms with Crippen LogP contribution >= 0.6 is 0 Å². The van der Waals surface area contributed by atoms with Gasteiger partial charge in [0, 0.05) is 17.8 Å². The number of carbonyl (C=O) groups excluding carboxylic acids is 1. The summed E-state index contributed by atoms with van der Waals surface area (Å²) in [6, 6.07) is 18.2. The van der Waals surface area contributed by atoms with E-state index in [1.165, 1.54) is 5.56 Å². The quantitative estimate of drug-likeness (QED) is 0.692. The summed E-state index contributed by atoms with van der Waals surface area (Å²) in [5.74, 6) is 0.725. The van der Waals surface area contributed by atoms with Gasteiger partial charge in [-0.3, -0.25) is 4.79 Å². The molecule has 0 spiro atoms. The maximum absolute atomic E-state index is 11.8. The Morgan fingerprint density at radius 3 is 2.62 bits per heavy atom. The fraction of sp³-hybridized carbons (Fsp3) is 0.350. The van der Waals surface area contributed by atoms with Crippen molar-refractivity contribution in [3.63, 3.8) is 0 Å². The third kappa shape index (κ3) is 6.84. The molecule has 2 aromatic carbocycles. The van der Waals surface area contributed by atoms with Crippen LogP contribution < -0.4 is 15.4 Å². The lowest BCUT2D eigenvalue weighted by molar-refractivity contribution is -0.115. The molecule has 2 aromatic rings. The zero-order chi connectivity index (χ0) is 17.2. The molecule has 0 radical (unpaired) electrons. The topological polar surface area (TPSA) is 50.4 Å². The molecule has 0 heterocycles. The van der Waals surface area contributed by atoms with Gasteiger partial charge in [0.2, 0.25) is 5.91 Å². The van der Waals surface area contributed by atoms with Crippen molar-refractivity contribution in [3.8, 4) is 5.75 Å². The van der Waals surface area contributed by atoms with Crippen LogP contribution in [0.15, 0.2) is 54.6 Å². The number of anilines is 1. The zero-order valence-electron chi connectivity index (χ0n) is 14.4. The Morgan fingerprint density at radius 1 is 1.08 bits per heavy atom. The minimum atomic E-state index is -0.0510. The Morgan fingerprint density at radius 2 is 1.88 bits per heavy atom. The lowest BCUT2D eigenvalue weighted by atomic mass is 10.1. The van der Waals surface area contributed by atoms with Crippen LogP contribution in [0, 0.1) is 0 Å². The Bertz CT molecular complexity index is 627. The number of amides is 1. The summed E-state index contributed by atoms with van der Waals surface area (Å²) >= 11 is 0. The summed E-state index contributed by atoms with van der Waals surface area (Å²) in [5.41, 5.74) is 2.07. The van der Waals surface area contributed by atoms with Gasteiger partial charge < -0.3 is 15.4 Å². The number of nitrogens with one attached hydrogen (secondary N) is 2. The van der Waals surface area contributed by atoms with Gasteiger partial charge in [0.05, 0.1) is 13.2 Å². The maximum atomic E-state index is 11.8. The Kier molecular flexibility index (Phi) is 7.30. The van der Waals surface area contributed by atoms with Gasteiger partial charge in [-0.1, -0.05) is 50.2 Å². The first-order chi connectivity index (χ1) is 11.6. The second-order valence-corrected chi connectivity index (χ2v) is 6.05. The van der Waals surface area contributed by atoms with Crippen LogP contribution in [0.2, 0.25) is 0 Å². The maximum Gasteiger partial charge on any atom is 0.238 e. The van der Waals surface area contributed by atoms with Crippen molar-refractivity contribution in [1.82, 2.24) is 5.32 Å². The zero-order valence-corrected chi connectivity index (χ0v) is 14.4. The molecule has 2 N–H and O–H groups in total. The molecule has 0 unspecified atom stereocenters. The number of benzene rings is 2. The molecule has 4 heteroatoms. The smallest absolute Gasteiger partial charge is 0.238 e. The standard InChI is InChI=1S/C20H26N2O2/c1-16(2)21-15-20(23)22-18-11-6-12-19(14-18)24-13-7-10-17-8-4-3-5-9-17/h3-6,8-9,11-12,14,16,21H,7,10,13,15H2,1-2H3,(H,22,23). The van der Waals surface area contributed by atoms with Crippen LogP contribution in [-0.2, 0) is 11.2 Å². The van der Waals surface area contributed by atoms with E-state index >= 15 is 0 Å². The summed E-state index contributed by atoms with van der Waals surface area (Å²) in [6.07, 6.45) is 1.96. The van der Waals surface area contributed by atoms with Gasteiger partial charge in [-0.05, 0) is 30.5 Å². The van der Waals surface area contributed by atoms with Gasteiger partial charge in [-0.15, -0.1) is 0 Å². The SMILES string of the molecule is CC(C)NCC(=O)Nc1cccc(OCCCc2ccccc2)c1. The van der Waals surface area contributed by atoms with Gasteiger partial charge in [0.25, 0.3) is 0 Å². The molecule has 0 saturated carbocycles. The van der Waals surface area contributed by atoms with Crippen LogP contribution in [0.25, 0.3) is 0 Å². The molecule has 0 bridgehead atoms. The number of hydrogen-bond acceptors (Lipinski definition) is 3. The molecule has 4 nitrogen and oxygen atoms in total. The summed E-state index contributed by atoms with van der Waals surface area (Å²) in [5, 5.41) is 5.97. The highest BCUT2D eigenvalue weighted by molar-refractivity contribution is 5.92. The van der Waals surface area contributed by atoms with Crippen molar-refractivity contribution >= 4 is 11.6 Å². The molecule has 0 atom stereocenters. The average molecular weight is 326 g/mol. The number of ether oxygens (including phenoxy) is 1. The summed E-state index contributed by atoms with van der Waals surface area (Å²) < 4.78 is 5.78. The van der Waals surface area contributed by atoms with Crippen molar-refractivity contribution in [2.24, 2.45) is 0 Å². The molecule has 0 aromatic heterocycles. The fourth-order valence-corrected chi connectivity index (χ4v) is 2.28. The highest BCUT2D eigenvalue weighted by Crippen LogP contribution is 2.17. The highest BCUT2D eigenvalue weighted by atomic mass is 16.5. The summed E-state index contributed by atoms with van der Waals surface area (Å²) in [7, 11) is 0. The predicted molar refractivity (Wildman–Crippen MR) is 98.5 cm³/mol. The molecule has 0 aliphatic rings. The molecule has 24 heavy (non-hydrogen) atoms. The summed E-state index contributed by atoms with van der Waals surface area (Å²) in [4.78, 5) is 11.8. The van der Waals surface area contributed by atoms with Crippen LogP contribution in [0.5, 0.6) is 5.75 Å². The van der Waals surface area contributed by atoms with E-state index in [0.29, 0.717) is 13.2 Å². The van der Waals surface area contributed by atoms with Crippen molar-refractivity contribution in [3.05, 3.63) is 60.2 Å². The first-order valence-corrected chi connectivity index (χ1v) is 8.43. The minimum Gasteiger partial charge on any atom is -0.494 e. The van der Waals surface area contributed by atoms with E-state index in [1.54, 1.807) is 0 Å². The van der Waals surface area contributed by atoms with Crippen LogP contribution in [0.3, 0.4) is 0 Å². The molecule has 0 saturated heterocycles. The molecule has 1 amide bonds. The highest BCUT2D eigenvalue weighted by Gasteiger charge is 2.04. The van der Waals surface area contributed by atoms with Crippen LogP contribution in [0.4, 0.5) is 5.69 Å². The van der Waals surface area contributed by atoms with E-state index in [1.807, 2.05) is 44.2 Å². The minimum absolute atomic E-state index is 0.0510. The molecule has 0 aliphatic carbocycles. The number of carbonyl (C=O) groups is 1. The van der Waals surface area contributed by atoms with Gasteiger partial charge in [-0.2, -0.15) is 0 Å². The Balaban J connectivity index is 1.74. The molecular weight excluding hydrogens is 300 g/mol. The third-order valence-electron chi connectivity index (χ3n) is 3.51. The van der Waals surface area contributed by atoms with E-state index in [4.69, 9.17) is 4.74 Å². The van der Waals surface area contributed by atoms with Crippen LogP contribution in [0.1, 0.15) is 25.8 Å². The second kappa shape index (κ2) is 9.73. The van der Waals surface area contributed by atoms with E-state index in [2.05, 4.69) is 34.9 Å². The number of hydrogen-bond donors (Lipinski definition) is 2. The molecular formula is C20H26N2O2. The third-order valence-corrected chi connectivity index (χ3v) is 3.51. The monoisotopic (exact) mass is 326 g/mol. The van der Waals surface area contributed by atoms with Crippen molar-refractivity contribution in [2.45, 2.75) is 32.7 Å². The van der Waals surface area contributed by atoms with E-state index in [0.717, 1.165) is 24.3 Å². The Hall–Kier alpha value is -2.33. The molecule has 0 fully saturated rings. The first kappa shape index (κ1) is 18.0. The lowest BCUT2D eigenvalue weighted by Crippen LogP contribution is -2.32. The largest absolute Gasteiger partial charge is 0.494 e. The van der Waals surface area contributed by atoms with Crippen LogP contribution in [-0.4, -0.2) is 25.1 Å². The van der Waals surface area contributed by atoms with E-state index < -0.39 is 0 Å². The van der Waals surface area contributed by atoms with Crippen molar-refractivity contribution in [1.29, 1.82) is 0 Å². The first-order valence-electron chi connectivity index (χ1n) is 8.43. The molecule has 2 rings (SSSR count). The predicted octanol–water partition coefficient (Wildman–Crippen LogP) is 3.63. The van der Waals surface area contributed by atoms with E-state index in [9.17, 15) is 4.79 Å². The normalized spacial score (nSPS) is 10.6. The second-order valence-electron chi connectivity index (χ2n) is 6.05. The van der Waals surface area contributed by atoms with Gasteiger partial charge in [0.1, 0.15) is 5.75 Å². The van der Waals surface area contributed by atoms with Crippen molar-refractivity contribution < 1.29 is 9.53 Å². The Labute approximate surface area is 144 Å². The summed E-state index contributed by atoms with van der Waals surface area (Å²) in [6.45, 7) is 4.98. The van der Waals surface area contributed by atoms with Gasteiger partial charge in [-0.25, -0.2) is 0 Å². The molecule has 128 valence electrons. The van der Waals surface area contributed by atoms with Crippen molar-refractivity contribution in [2.75, 3.05) is 18.5 Å². The van der Waals surface area contributed by atoms with Gasteiger partial charge in [0.15, 0.2) is 0 Å². The lowest BCUT2D eigenvalue weighted by Gasteiger charge is -2.11. The van der Waals surface area contributed by atoms with Gasteiger partial charge >= 0.3 is 0 Å². The molecule has 0 aliphatic heterocycles. The average Bonchev–Trinajstić information content (AvgIpc) is 2.58. The number of aryl methyl sites for hydroxylation is 1. The van der Waals surface area contributed by atoms with E-state index in [-0.39, 0.29) is 11.9 Å².